The molecule has 2 aromatic heterocycles. The highest BCUT2D eigenvalue weighted by molar-refractivity contribution is 7.98. The fourth-order valence-corrected chi connectivity index (χ4v) is 3.83. The van der Waals surface area contributed by atoms with Gasteiger partial charge < -0.3 is 10.1 Å². The number of carbonyl (C=O) groups is 1. The topological polar surface area (TPSA) is 94.8 Å². The summed E-state index contributed by atoms with van der Waals surface area (Å²) in [5, 5.41) is 12.0. The molecule has 0 radical (unpaired) electrons. The number of aryl methyl sites for hydroxylation is 2. The van der Waals surface area contributed by atoms with Crippen LogP contribution in [0.2, 0.25) is 0 Å². The molecule has 0 aliphatic rings. The van der Waals surface area contributed by atoms with Gasteiger partial charge in [-0.3, -0.25) is 4.79 Å². The first kappa shape index (κ1) is 21.8. The van der Waals surface area contributed by atoms with E-state index in [2.05, 4.69) is 32.5 Å². The minimum absolute atomic E-state index is 0.222. The minimum Gasteiger partial charge on any atom is -0.497 e. The van der Waals surface area contributed by atoms with Crippen LogP contribution in [-0.4, -0.2) is 44.5 Å². The number of nitrogens with one attached hydrogen (secondary N) is 1. The van der Waals surface area contributed by atoms with E-state index in [9.17, 15) is 4.79 Å². The third kappa shape index (κ3) is 5.35. The van der Waals surface area contributed by atoms with Crippen molar-refractivity contribution in [2.24, 2.45) is 0 Å². The van der Waals surface area contributed by atoms with E-state index in [1.165, 1.54) is 11.8 Å². The molecule has 1 N–H and O–H groups in total. The van der Waals surface area contributed by atoms with Crippen LogP contribution in [0.5, 0.6) is 5.75 Å². The van der Waals surface area contributed by atoms with Crippen LogP contribution in [-0.2, 0) is 5.75 Å². The van der Waals surface area contributed by atoms with E-state index < -0.39 is 0 Å². The first-order valence-electron chi connectivity index (χ1n) is 9.84. The molecule has 1 aromatic carbocycles. The SMILES string of the molecule is CCCCNC(=O)c1nnn(-c2ccc(OC)cc2)c1CSc1nc(C)cc(C)n1. The van der Waals surface area contributed by atoms with Crippen LogP contribution >= 0.6 is 11.8 Å². The van der Waals surface area contributed by atoms with Crippen molar-refractivity contribution in [3.63, 3.8) is 0 Å². The smallest absolute Gasteiger partial charge is 0.273 e. The van der Waals surface area contributed by atoms with Gasteiger partial charge in [0.1, 0.15) is 5.75 Å². The third-order valence-corrected chi connectivity index (χ3v) is 5.27. The van der Waals surface area contributed by atoms with Gasteiger partial charge in [-0.15, -0.1) is 5.10 Å². The predicted molar refractivity (Wildman–Crippen MR) is 116 cm³/mol. The summed E-state index contributed by atoms with van der Waals surface area (Å²) in [6.07, 6.45) is 1.92. The summed E-state index contributed by atoms with van der Waals surface area (Å²) in [5.41, 5.74) is 3.63. The molecule has 0 bridgehead atoms. The lowest BCUT2D eigenvalue weighted by atomic mass is 10.2. The van der Waals surface area contributed by atoms with Crippen LogP contribution < -0.4 is 10.1 Å². The van der Waals surface area contributed by atoms with E-state index in [0.717, 1.165) is 35.7 Å². The number of hydrogen-bond donors (Lipinski definition) is 1. The van der Waals surface area contributed by atoms with Crippen molar-refractivity contribution in [2.75, 3.05) is 13.7 Å². The molecule has 0 aliphatic heterocycles. The zero-order valence-electron chi connectivity index (χ0n) is 17.7. The van der Waals surface area contributed by atoms with Crippen LogP contribution in [0.4, 0.5) is 0 Å². The quantitative estimate of drug-likeness (QED) is 0.318. The van der Waals surface area contributed by atoms with Crippen molar-refractivity contribution in [2.45, 2.75) is 44.5 Å². The Morgan fingerprint density at radius 1 is 1.17 bits per heavy atom. The minimum atomic E-state index is -0.222. The van der Waals surface area contributed by atoms with Crippen LogP contribution in [0.3, 0.4) is 0 Å². The molecular weight excluding hydrogens is 400 g/mol. The van der Waals surface area contributed by atoms with Gasteiger partial charge in [-0.25, -0.2) is 14.6 Å². The van der Waals surface area contributed by atoms with Crippen molar-refractivity contribution < 1.29 is 9.53 Å². The highest BCUT2D eigenvalue weighted by Gasteiger charge is 2.21. The van der Waals surface area contributed by atoms with E-state index in [4.69, 9.17) is 4.74 Å². The number of unbranched alkanes of at least 4 members (excludes halogenated alkanes) is 1. The monoisotopic (exact) mass is 426 g/mol. The summed E-state index contributed by atoms with van der Waals surface area (Å²) in [6, 6.07) is 9.39. The lowest BCUT2D eigenvalue weighted by Gasteiger charge is -2.09. The molecule has 0 saturated heterocycles. The zero-order chi connectivity index (χ0) is 21.5. The molecule has 0 atom stereocenters. The summed E-state index contributed by atoms with van der Waals surface area (Å²) in [6.45, 7) is 6.57. The first-order valence-corrected chi connectivity index (χ1v) is 10.8. The number of amides is 1. The van der Waals surface area contributed by atoms with Gasteiger partial charge in [-0.05, 0) is 50.6 Å². The number of carbonyl (C=O) groups excluding carboxylic acids is 1. The summed E-state index contributed by atoms with van der Waals surface area (Å²) < 4.78 is 6.92. The van der Waals surface area contributed by atoms with Gasteiger partial charge in [0.2, 0.25) is 0 Å². The largest absolute Gasteiger partial charge is 0.497 e. The predicted octanol–water partition coefficient (Wildman–Crippen LogP) is 3.50. The van der Waals surface area contributed by atoms with Gasteiger partial charge in [-0.1, -0.05) is 30.3 Å². The number of methoxy groups -OCH3 is 1. The van der Waals surface area contributed by atoms with Crippen LogP contribution in [0.1, 0.15) is 47.3 Å². The Kier molecular flexibility index (Phi) is 7.40. The maximum absolute atomic E-state index is 12.7. The summed E-state index contributed by atoms with van der Waals surface area (Å²) >= 11 is 1.46. The van der Waals surface area contributed by atoms with Gasteiger partial charge in [-0.2, -0.15) is 0 Å². The fourth-order valence-electron chi connectivity index (χ4n) is 2.89. The van der Waals surface area contributed by atoms with Gasteiger partial charge >= 0.3 is 0 Å². The molecule has 0 saturated carbocycles. The molecule has 9 heteroatoms. The molecule has 158 valence electrons. The van der Waals surface area contributed by atoms with E-state index in [-0.39, 0.29) is 5.91 Å². The number of aromatic nitrogens is 5. The number of thioether (sulfide) groups is 1. The molecule has 3 aromatic rings. The maximum atomic E-state index is 12.7. The van der Waals surface area contributed by atoms with Gasteiger partial charge in [0.25, 0.3) is 5.91 Å². The molecule has 2 heterocycles. The second kappa shape index (κ2) is 10.2. The molecule has 30 heavy (non-hydrogen) atoms. The highest BCUT2D eigenvalue weighted by Crippen LogP contribution is 2.24. The number of rotatable bonds is 9. The lowest BCUT2D eigenvalue weighted by Crippen LogP contribution is -2.26. The number of benzene rings is 1. The Bertz CT molecular complexity index is 983. The van der Waals surface area contributed by atoms with Crippen molar-refractivity contribution in [3.05, 3.63) is 53.1 Å². The summed E-state index contributed by atoms with van der Waals surface area (Å²) in [7, 11) is 1.62. The van der Waals surface area contributed by atoms with Gasteiger partial charge in [0.15, 0.2) is 10.9 Å². The zero-order valence-corrected chi connectivity index (χ0v) is 18.5. The lowest BCUT2D eigenvalue weighted by molar-refractivity contribution is 0.0947. The second-order valence-corrected chi connectivity index (χ2v) is 7.77. The molecule has 0 fully saturated rings. The molecule has 8 nitrogen and oxygen atoms in total. The average molecular weight is 427 g/mol. The van der Waals surface area contributed by atoms with E-state index in [1.807, 2.05) is 44.2 Å². The Balaban J connectivity index is 1.90. The van der Waals surface area contributed by atoms with Crippen molar-refractivity contribution >= 4 is 17.7 Å². The standard InChI is InChI=1S/C21H26N6O2S/c1-5-6-11-22-20(28)19-18(13-30-21-23-14(2)12-15(3)24-21)27(26-25-19)16-7-9-17(29-4)10-8-16/h7-10,12H,5-6,11,13H2,1-4H3,(H,22,28). The Hall–Kier alpha value is -2.94. The van der Waals surface area contributed by atoms with Crippen molar-refractivity contribution in [3.8, 4) is 11.4 Å². The number of hydrogen-bond acceptors (Lipinski definition) is 7. The molecule has 3 rings (SSSR count). The Morgan fingerprint density at radius 2 is 1.87 bits per heavy atom. The molecule has 0 aliphatic carbocycles. The molecule has 1 amide bonds. The summed E-state index contributed by atoms with van der Waals surface area (Å²) in [4.78, 5) is 21.7. The number of ether oxygens (including phenoxy) is 1. The molecular formula is C21H26N6O2S. The average Bonchev–Trinajstić information content (AvgIpc) is 3.16. The maximum Gasteiger partial charge on any atom is 0.273 e. The first-order chi connectivity index (χ1) is 14.5. The van der Waals surface area contributed by atoms with Gasteiger partial charge in [0.05, 0.1) is 18.5 Å². The van der Waals surface area contributed by atoms with Crippen LogP contribution in [0.15, 0.2) is 35.5 Å². The van der Waals surface area contributed by atoms with Crippen LogP contribution in [0, 0.1) is 13.8 Å². The van der Waals surface area contributed by atoms with E-state index in [1.54, 1.807) is 11.8 Å². The van der Waals surface area contributed by atoms with Crippen LogP contribution in [0.25, 0.3) is 5.69 Å². The normalized spacial score (nSPS) is 10.8. The van der Waals surface area contributed by atoms with Crippen molar-refractivity contribution in [1.82, 2.24) is 30.3 Å². The Labute approximate surface area is 180 Å². The van der Waals surface area contributed by atoms with Gasteiger partial charge in [0, 0.05) is 23.7 Å². The van der Waals surface area contributed by atoms with E-state index in [0.29, 0.717) is 28.8 Å². The van der Waals surface area contributed by atoms with Crippen molar-refractivity contribution in [1.29, 1.82) is 0 Å². The summed E-state index contributed by atoms with van der Waals surface area (Å²) in [5.74, 6) is 0.981. The molecule has 0 spiro atoms. The van der Waals surface area contributed by atoms with E-state index >= 15 is 0 Å². The molecule has 0 unspecified atom stereocenters. The fraction of sp³-hybridized carbons (Fsp3) is 0.381. The Morgan fingerprint density at radius 3 is 2.50 bits per heavy atom. The third-order valence-electron chi connectivity index (χ3n) is 4.41. The number of nitrogens with zero attached hydrogens (tertiary/aromatic N) is 5. The highest BCUT2D eigenvalue weighted by atomic mass is 32.2. The second-order valence-electron chi connectivity index (χ2n) is 6.83.